The summed E-state index contributed by atoms with van der Waals surface area (Å²) in [5.74, 6) is 2.62. The number of guanidine groups is 1. The van der Waals surface area contributed by atoms with Crippen molar-refractivity contribution < 1.29 is 14.2 Å². The molecule has 0 amide bonds. The molecule has 0 aliphatic carbocycles. The van der Waals surface area contributed by atoms with E-state index in [0.29, 0.717) is 29.8 Å². The van der Waals surface area contributed by atoms with E-state index in [1.165, 1.54) is 25.7 Å². The summed E-state index contributed by atoms with van der Waals surface area (Å²) in [6, 6.07) is 3.87. The first-order valence-electron chi connectivity index (χ1n) is 8.54. The number of ether oxygens (including phenoxy) is 3. The molecule has 1 aromatic carbocycles. The number of methoxy groups -OCH3 is 3. The second kappa shape index (κ2) is 9.25. The van der Waals surface area contributed by atoms with Crippen molar-refractivity contribution in [1.82, 2.24) is 4.90 Å². The van der Waals surface area contributed by atoms with Gasteiger partial charge in [0.1, 0.15) is 0 Å². The molecule has 1 heterocycles. The number of rotatable bonds is 6. The van der Waals surface area contributed by atoms with Crippen LogP contribution < -0.4 is 19.9 Å². The van der Waals surface area contributed by atoms with Crippen molar-refractivity contribution in [2.75, 3.05) is 41.0 Å². The molecular formula is C18H29N3O3. The third-order valence-corrected chi connectivity index (χ3v) is 4.37. The highest BCUT2D eigenvalue weighted by atomic mass is 16.5. The van der Waals surface area contributed by atoms with Crippen LogP contribution >= 0.6 is 0 Å². The third-order valence-electron chi connectivity index (χ3n) is 4.37. The fraction of sp³-hybridized carbons (Fsp3) is 0.611. The molecule has 0 radical (unpaired) electrons. The van der Waals surface area contributed by atoms with E-state index in [1.54, 1.807) is 21.3 Å². The van der Waals surface area contributed by atoms with Gasteiger partial charge in [0, 0.05) is 25.2 Å². The number of likely N-dealkylation sites (tertiary alicyclic amines) is 1. The van der Waals surface area contributed by atoms with Gasteiger partial charge in [0.2, 0.25) is 5.75 Å². The lowest BCUT2D eigenvalue weighted by Crippen LogP contribution is -2.38. The van der Waals surface area contributed by atoms with Crippen LogP contribution in [0.2, 0.25) is 0 Å². The van der Waals surface area contributed by atoms with Gasteiger partial charge in [0.15, 0.2) is 17.5 Å². The molecule has 2 N–H and O–H groups in total. The van der Waals surface area contributed by atoms with Gasteiger partial charge in [0.25, 0.3) is 0 Å². The number of hydrogen-bond donors (Lipinski definition) is 1. The van der Waals surface area contributed by atoms with E-state index < -0.39 is 0 Å². The van der Waals surface area contributed by atoms with Crippen molar-refractivity contribution in [3.8, 4) is 17.2 Å². The Labute approximate surface area is 144 Å². The van der Waals surface area contributed by atoms with Crippen molar-refractivity contribution >= 4 is 5.96 Å². The van der Waals surface area contributed by atoms with Gasteiger partial charge in [-0.2, -0.15) is 0 Å². The van der Waals surface area contributed by atoms with Crippen molar-refractivity contribution in [3.63, 3.8) is 0 Å². The second-order valence-electron chi connectivity index (χ2n) is 5.88. The Kier molecular flexibility index (Phi) is 7.03. The monoisotopic (exact) mass is 335 g/mol. The first kappa shape index (κ1) is 18.2. The van der Waals surface area contributed by atoms with Crippen LogP contribution in [0.15, 0.2) is 17.1 Å². The number of nitrogens with zero attached hydrogens (tertiary/aromatic N) is 2. The molecule has 1 aromatic rings. The topological polar surface area (TPSA) is 69.3 Å². The molecule has 0 atom stereocenters. The molecule has 0 bridgehead atoms. The van der Waals surface area contributed by atoms with Gasteiger partial charge in [-0.25, -0.2) is 0 Å². The standard InChI is InChI=1S/C18H29N3O3/c1-22-15-9-8-14(16(23-2)17(15)24-3)10-11-20-18(19)21-12-6-4-5-7-13-21/h8-9H,4-7,10-13H2,1-3H3,(H2,19,20). The summed E-state index contributed by atoms with van der Waals surface area (Å²) in [5.41, 5.74) is 7.18. The Hall–Kier alpha value is -2.11. The molecule has 24 heavy (non-hydrogen) atoms. The normalized spacial score (nSPS) is 15.8. The van der Waals surface area contributed by atoms with E-state index in [2.05, 4.69) is 9.89 Å². The van der Waals surface area contributed by atoms with Gasteiger partial charge in [-0.1, -0.05) is 18.9 Å². The second-order valence-corrected chi connectivity index (χ2v) is 5.88. The minimum Gasteiger partial charge on any atom is -0.493 e. The van der Waals surface area contributed by atoms with Crippen molar-refractivity contribution in [2.45, 2.75) is 32.1 Å². The van der Waals surface area contributed by atoms with E-state index >= 15 is 0 Å². The van der Waals surface area contributed by atoms with E-state index in [0.717, 1.165) is 25.1 Å². The SMILES string of the molecule is COc1ccc(CCN=C(N)N2CCCCCC2)c(OC)c1OC. The molecule has 0 aromatic heterocycles. The molecular weight excluding hydrogens is 306 g/mol. The summed E-state index contributed by atoms with van der Waals surface area (Å²) in [7, 11) is 4.86. The highest BCUT2D eigenvalue weighted by molar-refractivity contribution is 5.78. The molecule has 6 nitrogen and oxygen atoms in total. The molecule has 1 saturated heterocycles. The summed E-state index contributed by atoms with van der Waals surface area (Å²) in [6.07, 6.45) is 5.69. The van der Waals surface area contributed by atoms with Crippen LogP contribution in [0.3, 0.4) is 0 Å². The van der Waals surface area contributed by atoms with Crippen LogP contribution in [-0.4, -0.2) is 51.8 Å². The molecule has 0 spiro atoms. The highest BCUT2D eigenvalue weighted by Crippen LogP contribution is 2.39. The van der Waals surface area contributed by atoms with Gasteiger partial charge in [-0.15, -0.1) is 0 Å². The average Bonchev–Trinajstić information content (AvgIpc) is 2.90. The number of hydrogen-bond acceptors (Lipinski definition) is 4. The van der Waals surface area contributed by atoms with Crippen molar-refractivity contribution in [1.29, 1.82) is 0 Å². The fourth-order valence-corrected chi connectivity index (χ4v) is 3.05. The Morgan fingerprint density at radius 1 is 1.00 bits per heavy atom. The van der Waals surface area contributed by atoms with Gasteiger partial charge in [-0.3, -0.25) is 4.99 Å². The maximum absolute atomic E-state index is 6.15. The molecule has 1 aliphatic heterocycles. The number of aliphatic imine (C=N–C) groups is 1. The van der Waals surface area contributed by atoms with Crippen LogP contribution in [-0.2, 0) is 6.42 Å². The van der Waals surface area contributed by atoms with Crippen LogP contribution in [0.4, 0.5) is 0 Å². The van der Waals surface area contributed by atoms with E-state index in [4.69, 9.17) is 19.9 Å². The minimum absolute atomic E-state index is 0.613. The summed E-state index contributed by atoms with van der Waals surface area (Å²) in [4.78, 5) is 6.74. The van der Waals surface area contributed by atoms with Crippen LogP contribution in [0.1, 0.15) is 31.2 Å². The quantitative estimate of drug-likeness (QED) is 0.639. The summed E-state index contributed by atoms with van der Waals surface area (Å²) in [6.45, 7) is 2.64. The van der Waals surface area contributed by atoms with E-state index in [-0.39, 0.29) is 0 Å². The molecule has 1 aliphatic rings. The molecule has 6 heteroatoms. The summed E-state index contributed by atoms with van der Waals surface area (Å²) < 4.78 is 16.2. The summed E-state index contributed by atoms with van der Waals surface area (Å²) in [5, 5.41) is 0. The predicted octanol–water partition coefficient (Wildman–Crippen LogP) is 2.45. The van der Waals surface area contributed by atoms with Crippen molar-refractivity contribution in [2.24, 2.45) is 10.7 Å². The molecule has 1 fully saturated rings. The van der Waals surface area contributed by atoms with Gasteiger partial charge < -0.3 is 24.8 Å². The first-order valence-corrected chi connectivity index (χ1v) is 8.54. The molecule has 2 rings (SSSR count). The van der Waals surface area contributed by atoms with Gasteiger partial charge in [-0.05, 0) is 25.3 Å². The minimum atomic E-state index is 0.613. The third kappa shape index (κ3) is 4.46. The fourth-order valence-electron chi connectivity index (χ4n) is 3.05. The van der Waals surface area contributed by atoms with Crippen LogP contribution in [0.25, 0.3) is 0 Å². The summed E-state index contributed by atoms with van der Waals surface area (Å²) >= 11 is 0. The highest BCUT2D eigenvalue weighted by Gasteiger charge is 2.16. The van der Waals surface area contributed by atoms with E-state index in [1.807, 2.05) is 12.1 Å². The lowest BCUT2D eigenvalue weighted by Gasteiger charge is -2.21. The zero-order chi connectivity index (χ0) is 17.4. The zero-order valence-electron chi connectivity index (χ0n) is 15.0. The lowest BCUT2D eigenvalue weighted by molar-refractivity contribution is 0.322. The predicted molar refractivity (Wildman–Crippen MR) is 96.3 cm³/mol. The smallest absolute Gasteiger partial charge is 0.203 e. The maximum atomic E-state index is 6.15. The largest absolute Gasteiger partial charge is 0.493 e. The Morgan fingerprint density at radius 2 is 1.67 bits per heavy atom. The Balaban J connectivity index is 2.04. The molecule has 0 saturated carbocycles. The first-order chi connectivity index (χ1) is 11.7. The lowest BCUT2D eigenvalue weighted by atomic mass is 10.1. The Bertz CT molecular complexity index is 553. The number of benzene rings is 1. The zero-order valence-corrected chi connectivity index (χ0v) is 15.0. The molecule has 0 unspecified atom stereocenters. The Morgan fingerprint density at radius 3 is 2.25 bits per heavy atom. The van der Waals surface area contributed by atoms with Crippen LogP contribution in [0, 0.1) is 0 Å². The average molecular weight is 335 g/mol. The maximum Gasteiger partial charge on any atom is 0.203 e. The molecule has 134 valence electrons. The van der Waals surface area contributed by atoms with Gasteiger partial charge >= 0.3 is 0 Å². The van der Waals surface area contributed by atoms with E-state index in [9.17, 15) is 0 Å². The van der Waals surface area contributed by atoms with Gasteiger partial charge in [0.05, 0.1) is 21.3 Å². The number of nitrogens with two attached hydrogens (primary N) is 1. The van der Waals surface area contributed by atoms with Crippen molar-refractivity contribution in [3.05, 3.63) is 17.7 Å². The van der Waals surface area contributed by atoms with Crippen LogP contribution in [0.5, 0.6) is 17.2 Å².